The molecule has 0 unspecified atom stereocenters. The summed E-state index contributed by atoms with van der Waals surface area (Å²) in [6.07, 6.45) is 2.82. The highest BCUT2D eigenvalue weighted by atomic mass is 16.6. The lowest BCUT2D eigenvalue weighted by Crippen LogP contribution is -2.24. The molecule has 2 rings (SSSR count). The molecule has 126 valence electrons. The van der Waals surface area contributed by atoms with Crippen LogP contribution in [0.5, 0.6) is 0 Å². The molecule has 1 aromatic heterocycles. The van der Waals surface area contributed by atoms with Gasteiger partial charge < -0.3 is 14.9 Å². The molecule has 0 aliphatic carbocycles. The van der Waals surface area contributed by atoms with Crippen LogP contribution in [0.25, 0.3) is 10.8 Å². The first-order valence-corrected chi connectivity index (χ1v) is 7.43. The first kappa shape index (κ1) is 17.2. The third kappa shape index (κ3) is 4.19. The number of anilines is 1. The van der Waals surface area contributed by atoms with E-state index in [9.17, 15) is 9.59 Å². The number of hydrazine groups is 1. The average Bonchev–Trinajstić information content (AvgIpc) is 2.59. The molecule has 0 amide bonds. The second kappa shape index (κ2) is 8.47. The van der Waals surface area contributed by atoms with Gasteiger partial charge in [-0.1, -0.05) is 24.3 Å². The van der Waals surface area contributed by atoms with Crippen molar-refractivity contribution in [1.82, 2.24) is 15.6 Å². The van der Waals surface area contributed by atoms with Crippen molar-refractivity contribution in [3.8, 4) is 0 Å². The van der Waals surface area contributed by atoms with E-state index < -0.39 is 11.9 Å². The summed E-state index contributed by atoms with van der Waals surface area (Å²) >= 11 is 0. The van der Waals surface area contributed by atoms with E-state index >= 15 is 0 Å². The van der Waals surface area contributed by atoms with Crippen LogP contribution in [0, 0.1) is 0 Å². The van der Waals surface area contributed by atoms with Gasteiger partial charge in [0.25, 0.3) is 0 Å². The first-order chi connectivity index (χ1) is 11.7. The third-order valence-electron chi connectivity index (χ3n) is 2.97. The van der Waals surface area contributed by atoms with Crippen molar-refractivity contribution in [3.05, 3.63) is 42.2 Å². The summed E-state index contributed by atoms with van der Waals surface area (Å²) in [7, 11) is 0. The van der Waals surface area contributed by atoms with E-state index in [0.29, 0.717) is 5.82 Å². The van der Waals surface area contributed by atoms with Crippen LogP contribution in [-0.2, 0) is 19.1 Å². The van der Waals surface area contributed by atoms with Crippen molar-refractivity contribution in [2.24, 2.45) is 0 Å². The predicted molar refractivity (Wildman–Crippen MR) is 87.6 cm³/mol. The number of nitrogens with zero attached hydrogens (tertiary/aromatic N) is 2. The second-order valence-corrected chi connectivity index (χ2v) is 4.55. The van der Waals surface area contributed by atoms with Gasteiger partial charge in [-0.2, -0.15) is 5.10 Å². The fraction of sp³-hybridized carbons (Fsp3) is 0.250. The number of rotatable bonds is 7. The standard InChI is InChI=1S/C16H18N4O4/c1-3-23-15(21)13(16(22)24-4-2)10-18-20-14-12-8-6-5-7-11(12)9-17-19-14/h5-10,18H,3-4H2,1-2H3,(H,19,20). The van der Waals surface area contributed by atoms with Crippen LogP contribution in [0.3, 0.4) is 0 Å². The summed E-state index contributed by atoms with van der Waals surface area (Å²) in [5.41, 5.74) is 5.20. The minimum Gasteiger partial charge on any atom is -0.462 e. The van der Waals surface area contributed by atoms with Crippen molar-refractivity contribution in [2.45, 2.75) is 13.8 Å². The van der Waals surface area contributed by atoms with Gasteiger partial charge in [0.05, 0.1) is 19.4 Å². The lowest BCUT2D eigenvalue weighted by Gasteiger charge is -2.09. The summed E-state index contributed by atoms with van der Waals surface area (Å²) in [6.45, 7) is 3.60. The summed E-state index contributed by atoms with van der Waals surface area (Å²) in [5, 5.41) is 9.60. The Kier molecular flexibility index (Phi) is 6.07. The van der Waals surface area contributed by atoms with Crippen molar-refractivity contribution >= 4 is 28.5 Å². The predicted octanol–water partition coefficient (Wildman–Crippen LogP) is 1.56. The van der Waals surface area contributed by atoms with Gasteiger partial charge in [0.1, 0.15) is 0 Å². The summed E-state index contributed by atoms with van der Waals surface area (Å²) in [6, 6.07) is 7.53. The van der Waals surface area contributed by atoms with Crippen LogP contribution in [0.2, 0.25) is 0 Å². The number of hydrogen-bond donors (Lipinski definition) is 2. The summed E-state index contributed by atoms with van der Waals surface area (Å²) < 4.78 is 9.68. The van der Waals surface area contributed by atoms with Gasteiger partial charge in [-0.15, -0.1) is 5.10 Å². The minimum atomic E-state index is -0.769. The molecule has 0 fully saturated rings. The molecular formula is C16H18N4O4. The maximum atomic E-state index is 11.8. The topological polar surface area (TPSA) is 102 Å². The number of hydrogen-bond acceptors (Lipinski definition) is 8. The zero-order chi connectivity index (χ0) is 17.4. The molecule has 0 aliphatic rings. The number of benzene rings is 1. The van der Waals surface area contributed by atoms with Crippen molar-refractivity contribution in [3.63, 3.8) is 0 Å². The number of carbonyl (C=O) groups excluding carboxylic acids is 2. The lowest BCUT2D eigenvalue weighted by molar-refractivity contribution is -0.146. The Bertz CT molecular complexity index is 735. The minimum absolute atomic E-state index is 0.151. The molecule has 0 aliphatic heterocycles. The number of carbonyl (C=O) groups is 2. The molecule has 24 heavy (non-hydrogen) atoms. The van der Waals surface area contributed by atoms with E-state index in [1.54, 1.807) is 20.0 Å². The molecule has 0 radical (unpaired) electrons. The Morgan fingerprint density at radius 1 is 1.12 bits per heavy atom. The van der Waals surface area contributed by atoms with E-state index in [4.69, 9.17) is 9.47 Å². The zero-order valence-electron chi connectivity index (χ0n) is 13.4. The maximum absolute atomic E-state index is 11.8. The molecule has 0 saturated heterocycles. The first-order valence-electron chi connectivity index (χ1n) is 7.43. The number of aromatic nitrogens is 2. The Labute approximate surface area is 138 Å². The second-order valence-electron chi connectivity index (χ2n) is 4.55. The number of esters is 2. The van der Waals surface area contributed by atoms with Gasteiger partial charge in [0, 0.05) is 17.0 Å². The molecule has 1 aromatic carbocycles. The Morgan fingerprint density at radius 2 is 1.79 bits per heavy atom. The maximum Gasteiger partial charge on any atom is 0.347 e. The normalized spacial score (nSPS) is 9.92. The quantitative estimate of drug-likeness (QED) is 0.259. The zero-order valence-corrected chi connectivity index (χ0v) is 13.4. The van der Waals surface area contributed by atoms with Gasteiger partial charge in [0.2, 0.25) is 0 Å². The van der Waals surface area contributed by atoms with E-state index in [0.717, 1.165) is 10.8 Å². The van der Waals surface area contributed by atoms with E-state index in [1.165, 1.54) is 6.20 Å². The SMILES string of the molecule is CCOC(=O)C(=CNNc1nncc2ccccc12)C(=O)OCC. The highest BCUT2D eigenvalue weighted by Crippen LogP contribution is 2.18. The highest BCUT2D eigenvalue weighted by molar-refractivity contribution is 6.14. The van der Waals surface area contributed by atoms with E-state index in [1.807, 2.05) is 24.3 Å². The third-order valence-corrected chi connectivity index (χ3v) is 2.97. The molecule has 2 N–H and O–H groups in total. The van der Waals surface area contributed by atoms with Crippen molar-refractivity contribution in [1.29, 1.82) is 0 Å². The van der Waals surface area contributed by atoms with Crippen LogP contribution >= 0.6 is 0 Å². The molecular weight excluding hydrogens is 312 g/mol. The van der Waals surface area contributed by atoms with Crippen molar-refractivity contribution in [2.75, 3.05) is 18.6 Å². The van der Waals surface area contributed by atoms with Crippen LogP contribution in [0.4, 0.5) is 5.82 Å². The average molecular weight is 330 g/mol. The molecule has 1 heterocycles. The van der Waals surface area contributed by atoms with E-state index in [2.05, 4.69) is 21.0 Å². The number of ether oxygens (including phenoxy) is 2. The number of fused-ring (bicyclic) bond motifs is 1. The molecule has 0 saturated carbocycles. The highest BCUT2D eigenvalue weighted by Gasteiger charge is 2.20. The number of nitrogens with one attached hydrogen (secondary N) is 2. The van der Waals surface area contributed by atoms with Gasteiger partial charge >= 0.3 is 11.9 Å². The van der Waals surface area contributed by atoms with Gasteiger partial charge in [0.15, 0.2) is 11.4 Å². The Balaban J connectivity index is 2.16. The van der Waals surface area contributed by atoms with Crippen LogP contribution < -0.4 is 10.9 Å². The van der Waals surface area contributed by atoms with Crippen LogP contribution in [-0.4, -0.2) is 35.3 Å². The molecule has 0 bridgehead atoms. The van der Waals surface area contributed by atoms with Crippen LogP contribution in [0.15, 0.2) is 42.2 Å². The Morgan fingerprint density at radius 3 is 2.46 bits per heavy atom. The molecule has 2 aromatic rings. The van der Waals surface area contributed by atoms with Gasteiger partial charge in [-0.3, -0.25) is 5.43 Å². The Hall–Kier alpha value is -3.16. The molecule has 0 spiro atoms. The molecule has 8 heteroatoms. The fourth-order valence-corrected chi connectivity index (χ4v) is 1.92. The smallest absolute Gasteiger partial charge is 0.347 e. The molecule has 8 nitrogen and oxygen atoms in total. The molecule has 0 atom stereocenters. The summed E-state index contributed by atoms with van der Waals surface area (Å²) in [5.74, 6) is -1.08. The summed E-state index contributed by atoms with van der Waals surface area (Å²) in [4.78, 5) is 23.7. The lowest BCUT2D eigenvalue weighted by atomic mass is 10.2. The van der Waals surface area contributed by atoms with E-state index in [-0.39, 0.29) is 18.8 Å². The van der Waals surface area contributed by atoms with Gasteiger partial charge in [-0.25, -0.2) is 9.59 Å². The largest absolute Gasteiger partial charge is 0.462 e. The van der Waals surface area contributed by atoms with Crippen LogP contribution in [0.1, 0.15) is 13.8 Å². The van der Waals surface area contributed by atoms with Crippen molar-refractivity contribution < 1.29 is 19.1 Å². The monoisotopic (exact) mass is 330 g/mol. The fourth-order valence-electron chi connectivity index (χ4n) is 1.92. The van der Waals surface area contributed by atoms with Gasteiger partial charge in [-0.05, 0) is 13.8 Å².